The van der Waals surface area contributed by atoms with E-state index < -0.39 is 5.97 Å². The molecular weight excluding hydrogens is 234 g/mol. The molecule has 1 unspecified atom stereocenters. The fourth-order valence-corrected chi connectivity index (χ4v) is 1.74. The van der Waals surface area contributed by atoms with Crippen molar-refractivity contribution in [3.05, 3.63) is 29.8 Å². The summed E-state index contributed by atoms with van der Waals surface area (Å²) in [6, 6.07) is 7.42. The van der Waals surface area contributed by atoms with Crippen molar-refractivity contribution in [2.24, 2.45) is 4.99 Å². The Kier molecular flexibility index (Phi) is 3.82. The second-order valence-electron chi connectivity index (χ2n) is 4.05. The fraction of sp³-hybridized carbons (Fsp3) is 0.385. The molecule has 1 aliphatic heterocycles. The third-order valence-corrected chi connectivity index (χ3v) is 2.73. The van der Waals surface area contributed by atoms with Gasteiger partial charge in [-0.05, 0) is 30.7 Å². The van der Waals surface area contributed by atoms with E-state index in [0.717, 1.165) is 11.3 Å². The SMILES string of the molecule is COc1ccc(C2=NCC(CCC(=O)O)O2)cc1. The molecule has 0 spiro atoms. The van der Waals surface area contributed by atoms with Crippen LogP contribution in [0.1, 0.15) is 18.4 Å². The lowest BCUT2D eigenvalue weighted by molar-refractivity contribution is -0.137. The first-order chi connectivity index (χ1) is 8.69. The van der Waals surface area contributed by atoms with Crippen LogP contribution in [0.15, 0.2) is 29.3 Å². The summed E-state index contributed by atoms with van der Waals surface area (Å²) in [4.78, 5) is 14.8. The minimum Gasteiger partial charge on any atom is -0.497 e. The predicted molar refractivity (Wildman–Crippen MR) is 66.1 cm³/mol. The van der Waals surface area contributed by atoms with E-state index in [1.165, 1.54) is 0 Å². The number of rotatable bonds is 5. The molecule has 1 aromatic rings. The summed E-state index contributed by atoms with van der Waals surface area (Å²) in [6.45, 7) is 0.522. The minimum atomic E-state index is -0.809. The highest BCUT2D eigenvalue weighted by atomic mass is 16.5. The zero-order valence-electron chi connectivity index (χ0n) is 10.1. The maximum absolute atomic E-state index is 10.5. The van der Waals surface area contributed by atoms with Crippen molar-refractivity contribution in [3.8, 4) is 5.75 Å². The maximum atomic E-state index is 10.5. The number of aliphatic carboxylic acids is 1. The Morgan fingerprint density at radius 1 is 1.50 bits per heavy atom. The first-order valence-corrected chi connectivity index (χ1v) is 5.76. The molecule has 18 heavy (non-hydrogen) atoms. The maximum Gasteiger partial charge on any atom is 0.303 e. The molecule has 0 saturated heterocycles. The largest absolute Gasteiger partial charge is 0.497 e. The number of hydrogen-bond donors (Lipinski definition) is 1. The summed E-state index contributed by atoms with van der Waals surface area (Å²) < 4.78 is 10.7. The van der Waals surface area contributed by atoms with Crippen LogP contribution in [0.4, 0.5) is 0 Å². The highest BCUT2D eigenvalue weighted by molar-refractivity contribution is 5.95. The van der Waals surface area contributed by atoms with E-state index in [4.69, 9.17) is 14.6 Å². The van der Waals surface area contributed by atoms with E-state index in [-0.39, 0.29) is 12.5 Å². The lowest BCUT2D eigenvalue weighted by Gasteiger charge is -2.10. The molecule has 1 aliphatic rings. The van der Waals surface area contributed by atoms with Gasteiger partial charge in [0, 0.05) is 12.0 Å². The Morgan fingerprint density at radius 3 is 2.83 bits per heavy atom. The fourth-order valence-electron chi connectivity index (χ4n) is 1.74. The molecule has 0 fully saturated rings. The summed E-state index contributed by atoms with van der Waals surface area (Å²) in [7, 11) is 1.61. The van der Waals surface area contributed by atoms with Crippen LogP contribution in [0.5, 0.6) is 5.75 Å². The minimum absolute atomic E-state index is 0.107. The molecule has 0 saturated carbocycles. The average Bonchev–Trinajstić information content (AvgIpc) is 2.85. The first-order valence-electron chi connectivity index (χ1n) is 5.76. The van der Waals surface area contributed by atoms with Crippen LogP contribution in [0.3, 0.4) is 0 Å². The van der Waals surface area contributed by atoms with Gasteiger partial charge < -0.3 is 14.6 Å². The van der Waals surface area contributed by atoms with Crippen molar-refractivity contribution >= 4 is 11.9 Å². The topological polar surface area (TPSA) is 68.1 Å². The number of aliphatic imine (C=N–C) groups is 1. The molecule has 0 radical (unpaired) electrons. The van der Waals surface area contributed by atoms with Crippen LogP contribution in [0.25, 0.3) is 0 Å². The number of benzene rings is 1. The zero-order valence-corrected chi connectivity index (χ0v) is 10.1. The molecule has 1 aromatic carbocycles. The third-order valence-electron chi connectivity index (χ3n) is 2.73. The van der Waals surface area contributed by atoms with Crippen LogP contribution < -0.4 is 4.74 Å². The molecule has 1 N–H and O–H groups in total. The summed E-state index contributed by atoms with van der Waals surface area (Å²) in [6.07, 6.45) is 0.465. The van der Waals surface area contributed by atoms with E-state index in [1.54, 1.807) is 7.11 Å². The second kappa shape index (κ2) is 5.53. The van der Waals surface area contributed by atoms with Crippen LogP contribution >= 0.6 is 0 Å². The van der Waals surface area contributed by atoms with E-state index in [1.807, 2.05) is 24.3 Å². The second-order valence-corrected chi connectivity index (χ2v) is 4.05. The Labute approximate surface area is 105 Å². The molecule has 0 amide bonds. The van der Waals surface area contributed by atoms with Gasteiger partial charge in [-0.1, -0.05) is 0 Å². The zero-order chi connectivity index (χ0) is 13.0. The van der Waals surface area contributed by atoms with Gasteiger partial charge in [-0.15, -0.1) is 0 Å². The summed E-state index contributed by atoms with van der Waals surface area (Å²) in [5, 5.41) is 8.61. The molecule has 1 atom stereocenters. The third kappa shape index (κ3) is 3.00. The van der Waals surface area contributed by atoms with E-state index in [9.17, 15) is 4.79 Å². The van der Waals surface area contributed by atoms with Crippen molar-refractivity contribution in [2.75, 3.05) is 13.7 Å². The molecule has 0 bridgehead atoms. The van der Waals surface area contributed by atoms with Crippen molar-refractivity contribution in [2.45, 2.75) is 18.9 Å². The number of ether oxygens (including phenoxy) is 2. The van der Waals surface area contributed by atoms with Crippen LogP contribution in [-0.4, -0.2) is 36.7 Å². The molecule has 5 heteroatoms. The smallest absolute Gasteiger partial charge is 0.303 e. The van der Waals surface area contributed by atoms with Crippen molar-refractivity contribution in [1.29, 1.82) is 0 Å². The molecule has 2 rings (SSSR count). The number of methoxy groups -OCH3 is 1. The number of hydrogen-bond acceptors (Lipinski definition) is 4. The first kappa shape index (κ1) is 12.4. The quantitative estimate of drug-likeness (QED) is 0.862. The summed E-state index contributed by atoms with van der Waals surface area (Å²) in [5.74, 6) is 0.546. The number of carboxylic acid groups (broad SMARTS) is 1. The van der Waals surface area contributed by atoms with Gasteiger partial charge in [0.1, 0.15) is 11.9 Å². The monoisotopic (exact) mass is 249 g/mol. The van der Waals surface area contributed by atoms with E-state index in [0.29, 0.717) is 18.9 Å². The summed E-state index contributed by atoms with van der Waals surface area (Å²) in [5.41, 5.74) is 0.883. The van der Waals surface area contributed by atoms with Gasteiger partial charge in [-0.3, -0.25) is 4.79 Å². The standard InChI is InChI=1S/C13H15NO4/c1-17-10-4-2-9(3-5-10)13-14-8-11(18-13)6-7-12(15)16/h2-5,11H,6-8H2,1H3,(H,15,16). The molecule has 5 nitrogen and oxygen atoms in total. The van der Waals surface area contributed by atoms with Crippen LogP contribution in [0, 0.1) is 0 Å². The normalized spacial score (nSPS) is 18.1. The van der Waals surface area contributed by atoms with Crippen LogP contribution in [-0.2, 0) is 9.53 Å². The lowest BCUT2D eigenvalue weighted by Crippen LogP contribution is -2.15. The molecule has 1 heterocycles. The Morgan fingerprint density at radius 2 is 2.22 bits per heavy atom. The van der Waals surface area contributed by atoms with Crippen molar-refractivity contribution < 1.29 is 19.4 Å². The van der Waals surface area contributed by atoms with Gasteiger partial charge >= 0.3 is 5.97 Å². The lowest BCUT2D eigenvalue weighted by atomic mass is 10.2. The number of carbonyl (C=O) groups is 1. The highest BCUT2D eigenvalue weighted by Gasteiger charge is 2.21. The molecule has 0 aromatic heterocycles. The summed E-state index contributed by atoms with van der Waals surface area (Å²) >= 11 is 0. The van der Waals surface area contributed by atoms with Crippen molar-refractivity contribution in [1.82, 2.24) is 0 Å². The molecular formula is C13H15NO4. The van der Waals surface area contributed by atoms with Gasteiger partial charge in [0.15, 0.2) is 0 Å². The molecule has 96 valence electrons. The number of carboxylic acids is 1. The van der Waals surface area contributed by atoms with Gasteiger partial charge in [-0.25, -0.2) is 4.99 Å². The van der Waals surface area contributed by atoms with Gasteiger partial charge in [0.05, 0.1) is 13.7 Å². The van der Waals surface area contributed by atoms with Crippen LogP contribution in [0.2, 0.25) is 0 Å². The van der Waals surface area contributed by atoms with Gasteiger partial charge in [-0.2, -0.15) is 0 Å². The Bertz CT molecular complexity index is 453. The van der Waals surface area contributed by atoms with Gasteiger partial charge in [0.25, 0.3) is 0 Å². The molecule has 0 aliphatic carbocycles. The predicted octanol–water partition coefficient (Wildman–Crippen LogP) is 1.71. The van der Waals surface area contributed by atoms with E-state index in [2.05, 4.69) is 4.99 Å². The average molecular weight is 249 g/mol. The van der Waals surface area contributed by atoms with Crippen molar-refractivity contribution in [3.63, 3.8) is 0 Å². The number of nitrogens with zero attached hydrogens (tertiary/aromatic N) is 1. The van der Waals surface area contributed by atoms with E-state index >= 15 is 0 Å². The Balaban J connectivity index is 1.93. The highest BCUT2D eigenvalue weighted by Crippen LogP contribution is 2.18. The Hall–Kier alpha value is -2.04. The van der Waals surface area contributed by atoms with Gasteiger partial charge in [0.2, 0.25) is 5.90 Å².